The maximum atomic E-state index is 6.25. The maximum Gasteiger partial charge on any atom is 0.0648 e. The number of anilines is 1. The summed E-state index contributed by atoms with van der Waals surface area (Å²) >= 11 is 8.54. The smallest absolute Gasteiger partial charge is 0.0648 e. The minimum Gasteiger partial charge on any atom is -0.381 e. The zero-order valence-electron chi connectivity index (χ0n) is 10.2. The van der Waals surface area contributed by atoms with Crippen LogP contribution in [0.4, 0.5) is 5.69 Å². The summed E-state index contributed by atoms with van der Waals surface area (Å²) in [6.45, 7) is 2.36. The van der Waals surface area contributed by atoms with E-state index in [1.54, 1.807) is 0 Å². The van der Waals surface area contributed by atoms with Crippen molar-refractivity contribution in [3.63, 3.8) is 0 Å². The zero-order chi connectivity index (χ0) is 12.3. The van der Waals surface area contributed by atoms with Gasteiger partial charge in [0.2, 0.25) is 0 Å². The Hall–Kier alpha value is 0.0400. The molecule has 1 aliphatic carbocycles. The number of halogens is 2. The second-order valence-corrected chi connectivity index (χ2v) is 6.73. The molecule has 1 N–H and O–H groups in total. The van der Waals surface area contributed by atoms with Crippen LogP contribution in [0.1, 0.15) is 39.0 Å². The van der Waals surface area contributed by atoms with Gasteiger partial charge in [0.15, 0.2) is 0 Å². The molecule has 94 valence electrons. The lowest BCUT2D eigenvalue weighted by molar-refractivity contribution is 0.502. The predicted molar refractivity (Wildman–Crippen MR) is 83.8 cm³/mol. The average molecular weight is 364 g/mol. The third kappa shape index (κ3) is 4.02. The number of rotatable bonds is 2. The molecule has 3 heteroatoms. The minimum atomic E-state index is 0.595. The van der Waals surface area contributed by atoms with E-state index in [-0.39, 0.29) is 0 Å². The quantitative estimate of drug-likeness (QED) is 0.553. The van der Waals surface area contributed by atoms with E-state index in [4.69, 9.17) is 11.6 Å². The molecule has 1 aromatic carbocycles. The molecule has 1 saturated carbocycles. The summed E-state index contributed by atoms with van der Waals surface area (Å²) in [6.07, 6.45) is 6.58. The van der Waals surface area contributed by atoms with Crippen LogP contribution in [0.25, 0.3) is 0 Å². The Balaban J connectivity index is 2.00. The molecule has 0 aliphatic heterocycles. The van der Waals surface area contributed by atoms with Gasteiger partial charge in [0.25, 0.3) is 0 Å². The van der Waals surface area contributed by atoms with E-state index in [1.165, 1.54) is 35.7 Å². The molecule has 0 heterocycles. The molecule has 1 fully saturated rings. The van der Waals surface area contributed by atoms with Gasteiger partial charge in [0.1, 0.15) is 0 Å². The Kier molecular flexibility index (Phi) is 4.97. The van der Waals surface area contributed by atoms with E-state index >= 15 is 0 Å². The van der Waals surface area contributed by atoms with Gasteiger partial charge in [-0.2, -0.15) is 0 Å². The normalized spacial score (nSPS) is 25.4. The molecule has 0 aromatic heterocycles. The van der Waals surface area contributed by atoms with Crippen molar-refractivity contribution in [3.05, 3.63) is 26.8 Å². The van der Waals surface area contributed by atoms with E-state index in [1.807, 2.05) is 6.07 Å². The van der Waals surface area contributed by atoms with Gasteiger partial charge in [0.05, 0.1) is 10.7 Å². The first-order valence-corrected chi connectivity index (χ1v) is 7.82. The highest BCUT2D eigenvalue weighted by molar-refractivity contribution is 14.1. The first-order chi connectivity index (χ1) is 8.15. The standard InChI is InChI=1S/C14H19ClIN/c1-10-3-2-4-12(7-5-10)17-14-8-6-11(16)9-13(14)15/h6,8-10,12,17H,2-5,7H2,1H3. The van der Waals surface area contributed by atoms with Gasteiger partial charge in [0, 0.05) is 9.61 Å². The lowest BCUT2D eigenvalue weighted by Crippen LogP contribution is -2.18. The van der Waals surface area contributed by atoms with E-state index in [0.29, 0.717) is 6.04 Å². The average Bonchev–Trinajstić information content (AvgIpc) is 2.48. The summed E-state index contributed by atoms with van der Waals surface area (Å²) in [5.74, 6) is 0.883. The monoisotopic (exact) mass is 363 g/mol. The highest BCUT2D eigenvalue weighted by atomic mass is 127. The number of nitrogens with one attached hydrogen (secondary N) is 1. The third-order valence-corrected chi connectivity index (χ3v) is 4.53. The summed E-state index contributed by atoms with van der Waals surface area (Å²) in [4.78, 5) is 0. The second kappa shape index (κ2) is 6.28. The van der Waals surface area contributed by atoms with E-state index in [9.17, 15) is 0 Å². The molecule has 1 aliphatic rings. The van der Waals surface area contributed by atoms with E-state index in [2.05, 4.69) is 47.0 Å². The summed E-state index contributed by atoms with van der Waals surface area (Å²) in [6, 6.07) is 6.81. The highest BCUT2D eigenvalue weighted by Crippen LogP contribution is 2.29. The summed E-state index contributed by atoms with van der Waals surface area (Å²) in [5, 5.41) is 4.44. The molecule has 0 radical (unpaired) electrons. The fourth-order valence-electron chi connectivity index (χ4n) is 2.46. The zero-order valence-corrected chi connectivity index (χ0v) is 13.1. The van der Waals surface area contributed by atoms with Crippen molar-refractivity contribution >= 4 is 39.9 Å². The van der Waals surface area contributed by atoms with Gasteiger partial charge < -0.3 is 5.32 Å². The van der Waals surface area contributed by atoms with E-state index < -0.39 is 0 Å². The summed E-state index contributed by atoms with van der Waals surface area (Å²) in [7, 11) is 0. The molecule has 0 spiro atoms. The van der Waals surface area contributed by atoms with Crippen LogP contribution >= 0.6 is 34.2 Å². The molecule has 17 heavy (non-hydrogen) atoms. The van der Waals surface area contributed by atoms with Crippen molar-refractivity contribution in [2.24, 2.45) is 5.92 Å². The maximum absolute atomic E-state index is 6.25. The summed E-state index contributed by atoms with van der Waals surface area (Å²) in [5.41, 5.74) is 1.09. The Bertz CT molecular complexity index is 380. The molecular weight excluding hydrogens is 345 g/mol. The van der Waals surface area contributed by atoms with Crippen molar-refractivity contribution in [3.8, 4) is 0 Å². The summed E-state index contributed by atoms with van der Waals surface area (Å²) < 4.78 is 1.19. The Morgan fingerprint density at radius 2 is 2.06 bits per heavy atom. The van der Waals surface area contributed by atoms with Gasteiger partial charge in [-0.05, 0) is 66.0 Å². The van der Waals surface area contributed by atoms with Gasteiger partial charge in [-0.3, -0.25) is 0 Å². The Morgan fingerprint density at radius 1 is 1.24 bits per heavy atom. The van der Waals surface area contributed by atoms with E-state index in [0.717, 1.165) is 16.6 Å². The van der Waals surface area contributed by atoms with Crippen molar-refractivity contribution in [2.45, 2.75) is 45.1 Å². The molecule has 0 saturated heterocycles. The Labute approximate surface area is 122 Å². The molecular formula is C14H19ClIN. The fourth-order valence-corrected chi connectivity index (χ4v) is 3.37. The van der Waals surface area contributed by atoms with Crippen LogP contribution in [0.3, 0.4) is 0 Å². The van der Waals surface area contributed by atoms with Gasteiger partial charge in [-0.1, -0.05) is 31.4 Å². The Morgan fingerprint density at radius 3 is 2.82 bits per heavy atom. The van der Waals surface area contributed by atoms with Crippen LogP contribution < -0.4 is 5.32 Å². The van der Waals surface area contributed by atoms with Crippen molar-refractivity contribution < 1.29 is 0 Å². The van der Waals surface area contributed by atoms with Crippen LogP contribution in [0.15, 0.2) is 18.2 Å². The van der Waals surface area contributed by atoms with Crippen LogP contribution in [-0.2, 0) is 0 Å². The van der Waals surface area contributed by atoms with Crippen molar-refractivity contribution in [2.75, 3.05) is 5.32 Å². The molecule has 1 nitrogen and oxygen atoms in total. The molecule has 0 amide bonds. The third-order valence-electron chi connectivity index (χ3n) is 3.55. The largest absolute Gasteiger partial charge is 0.381 e. The van der Waals surface area contributed by atoms with Gasteiger partial charge >= 0.3 is 0 Å². The van der Waals surface area contributed by atoms with Crippen LogP contribution in [0, 0.1) is 9.49 Å². The fraction of sp³-hybridized carbons (Fsp3) is 0.571. The highest BCUT2D eigenvalue weighted by Gasteiger charge is 2.16. The van der Waals surface area contributed by atoms with Gasteiger partial charge in [-0.15, -0.1) is 0 Å². The lowest BCUT2D eigenvalue weighted by Gasteiger charge is -2.18. The number of benzene rings is 1. The molecule has 2 atom stereocenters. The molecule has 0 bridgehead atoms. The second-order valence-electron chi connectivity index (χ2n) is 5.08. The van der Waals surface area contributed by atoms with Crippen LogP contribution in [0.5, 0.6) is 0 Å². The van der Waals surface area contributed by atoms with Crippen LogP contribution in [-0.4, -0.2) is 6.04 Å². The van der Waals surface area contributed by atoms with Gasteiger partial charge in [-0.25, -0.2) is 0 Å². The van der Waals surface area contributed by atoms with Crippen molar-refractivity contribution in [1.29, 1.82) is 0 Å². The first kappa shape index (κ1) is 13.5. The lowest BCUT2D eigenvalue weighted by atomic mass is 10.0. The number of hydrogen-bond acceptors (Lipinski definition) is 1. The minimum absolute atomic E-state index is 0.595. The SMILES string of the molecule is CC1CCCC(Nc2ccc(I)cc2Cl)CC1. The predicted octanol–water partition coefficient (Wildman–Crippen LogP) is 5.33. The topological polar surface area (TPSA) is 12.0 Å². The molecule has 2 unspecified atom stereocenters. The number of hydrogen-bond donors (Lipinski definition) is 1. The molecule has 2 rings (SSSR count). The first-order valence-electron chi connectivity index (χ1n) is 6.37. The van der Waals surface area contributed by atoms with Crippen LogP contribution in [0.2, 0.25) is 5.02 Å². The van der Waals surface area contributed by atoms with Crippen molar-refractivity contribution in [1.82, 2.24) is 0 Å². The molecule has 1 aromatic rings.